The van der Waals surface area contributed by atoms with Gasteiger partial charge < -0.3 is 4.74 Å². The van der Waals surface area contributed by atoms with Crippen molar-refractivity contribution in [2.45, 2.75) is 12.8 Å². The van der Waals surface area contributed by atoms with Crippen molar-refractivity contribution >= 4 is 50.7 Å². The van der Waals surface area contributed by atoms with Gasteiger partial charge in [0.1, 0.15) is 5.75 Å². The second-order valence-electron chi connectivity index (χ2n) is 3.93. The highest BCUT2D eigenvalue weighted by Crippen LogP contribution is 2.37. The predicted molar refractivity (Wildman–Crippen MR) is 81.7 cm³/mol. The lowest BCUT2D eigenvalue weighted by atomic mass is 10.3. The van der Waals surface area contributed by atoms with E-state index in [1.165, 1.54) is 0 Å². The molecule has 0 aliphatic rings. The van der Waals surface area contributed by atoms with Gasteiger partial charge in [-0.25, -0.2) is 4.68 Å². The predicted octanol–water partition coefficient (Wildman–Crippen LogP) is 5.33. The van der Waals surface area contributed by atoms with Crippen molar-refractivity contribution < 1.29 is 4.74 Å². The number of aryl methyl sites for hydroxylation is 2. The molecule has 0 fully saturated rings. The zero-order chi connectivity index (χ0) is 14.2. The number of hydrogen-bond donors (Lipinski definition) is 0. The van der Waals surface area contributed by atoms with Crippen molar-refractivity contribution in [1.82, 2.24) is 9.78 Å². The van der Waals surface area contributed by atoms with Gasteiger partial charge in [-0.3, -0.25) is 0 Å². The molecular weight excluding hydrogens is 374 g/mol. The number of nitrogens with zero attached hydrogens (tertiary/aromatic N) is 2. The summed E-state index contributed by atoms with van der Waals surface area (Å²) in [7, 11) is 1.78. The molecule has 0 atom stereocenters. The number of benzene rings is 1. The SMILES string of the molecule is Cc1nn(C)c(Oc2cc(Cl)c(Br)cc2Cl)c1CCl. The standard InChI is InChI=1S/C12H10BrCl3N2O/c1-6-7(5-14)12(18(2)17-6)19-11-4-9(15)8(13)3-10(11)16/h3-4H,5H2,1-2H3. The van der Waals surface area contributed by atoms with E-state index in [1.54, 1.807) is 23.9 Å². The number of rotatable bonds is 3. The first-order valence-electron chi connectivity index (χ1n) is 5.35. The Morgan fingerprint density at radius 2 is 2.00 bits per heavy atom. The van der Waals surface area contributed by atoms with E-state index >= 15 is 0 Å². The van der Waals surface area contributed by atoms with Crippen LogP contribution < -0.4 is 4.74 Å². The number of halogens is 4. The molecule has 0 spiro atoms. The van der Waals surface area contributed by atoms with Gasteiger partial charge in [0.15, 0.2) is 0 Å². The van der Waals surface area contributed by atoms with Crippen LogP contribution in [0.15, 0.2) is 16.6 Å². The summed E-state index contributed by atoms with van der Waals surface area (Å²) >= 11 is 21.4. The Balaban J connectivity index is 2.44. The van der Waals surface area contributed by atoms with Crippen LogP contribution in [0.5, 0.6) is 11.6 Å². The minimum absolute atomic E-state index is 0.316. The summed E-state index contributed by atoms with van der Waals surface area (Å²) in [6.07, 6.45) is 0. The van der Waals surface area contributed by atoms with Gasteiger partial charge in [0.2, 0.25) is 5.88 Å². The zero-order valence-electron chi connectivity index (χ0n) is 10.2. The van der Waals surface area contributed by atoms with Crippen LogP contribution in [-0.4, -0.2) is 9.78 Å². The maximum Gasteiger partial charge on any atom is 0.222 e. The molecule has 1 aromatic heterocycles. The van der Waals surface area contributed by atoms with Gasteiger partial charge in [-0.15, -0.1) is 11.6 Å². The first-order valence-corrected chi connectivity index (χ1v) is 7.43. The van der Waals surface area contributed by atoms with Crippen LogP contribution in [0.3, 0.4) is 0 Å². The molecule has 2 rings (SSSR count). The summed E-state index contributed by atoms with van der Waals surface area (Å²) in [5.41, 5.74) is 1.66. The molecule has 0 N–H and O–H groups in total. The summed E-state index contributed by atoms with van der Waals surface area (Å²) < 4.78 is 8.13. The Labute approximate surface area is 134 Å². The van der Waals surface area contributed by atoms with Crippen LogP contribution in [0.1, 0.15) is 11.3 Å². The van der Waals surface area contributed by atoms with Crippen LogP contribution in [0, 0.1) is 6.92 Å². The quantitative estimate of drug-likeness (QED) is 0.528. The van der Waals surface area contributed by atoms with Crippen molar-refractivity contribution in [2.75, 3.05) is 0 Å². The first-order chi connectivity index (χ1) is 8.93. The second kappa shape index (κ2) is 5.92. The third kappa shape index (κ3) is 3.02. The fourth-order valence-electron chi connectivity index (χ4n) is 1.65. The molecule has 0 saturated heterocycles. The minimum Gasteiger partial charge on any atom is -0.437 e. The molecule has 0 radical (unpaired) electrons. The molecule has 1 heterocycles. The maximum absolute atomic E-state index is 6.13. The molecule has 0 unspecified atom stereocenters. The number of hydrogen-bond acceptors (Lipinski definition) is 2. The van der Waals surface area contributed by atoms with E-state index in [-0.39, 0.29) is 0 Å². The molecule has 102 valence electrons. The summed E-state index contributed by atoms with van der Waals surface area (Å²) in [6, 6.07) is 3.33. The largest absolute Gasteiger partial charge is 0.437 e. The second-order valence-corrected chi connectivity index (χ2v) is 5.86. The molecule has 0 amide bonds. The van der Waals surface area contributed by atoms with Gasteiger partial charge in [-0.2, -0.15) is 5.10 Å². The summed E-state index contributed by atoms with van der Waals surface area (Å²) in [5.74, 6) is 1.34. The van der Waals surface area contributed by atoms with Crippen molar-refractivity contribution in [3.05, 3.63) is 37.9 Å². The van der Waals surface area contributed by atoms with E-state index in [1.807, 2.05) is 6.92 Å². The summed E-state index contributed by atoms with van der Waals surface area (Å²) in [6.45, 7) is 1.88. The molecule has 0 aliphatic carbocycles. The van der Waals surface area contributed by atoms with E-state index in [2.05, 4.69) is 21.0 Å². The van der Waals surface area contributed by atoms with Crippen LogP contribution in [-0.2, 0) is 12.9 Å². The van der Waals surface area contributed by atoms with Crippen molar-refractivity contribution in [2.24, 2.45) is 7.05 Å². The Hall–Kier alpha value is -0.420. The molecule has 0 aliphatic heterocycles. The van der Waals surface area contributed by atoms with Crippen LogP contribution in [0.25, 0.3) is 0 Å². The van der Waals surface area contributed by atoms with Crippen molar-refractivity contribution in [3.63, 3.8) is 0 Å². The molecule has 0 bridgehead atoms. The van der Waals surface area contributed by atoms with Gasteiger partial charge >= 0.3 is 0 Å². The maximum atomic E-state index is 6.13. The van der Waals surface area contributed by atoms with Gasteiger partial charge in [0.05, 0.1) is 27.2 Å². The fourth-order valence-corrected chi connectivity index (χ4v) is 2.79. The molecule has 3 nitrogen and oxygen atoms in total. The Morgan fingerprint density at radius 1 is 1.32 bits per heavy atom. The van der Waals surface area contributed by atoms with E-state index in [4.69, 9.17) is 39.5 Å². The monoisotopic (exact) mass is 382 g/mol. The topological polar surface area (TPSA) is 27.1 Å². The lowest BCUT2D eigenvalue weighted by Gasteiger charge is -2.10. The highest BCUT2D eigenvalue weighted by molar-refractivity contribution is 9.10. The average molecular weight is 384 g/mol. The lowest BCUT2D eigenvalue weighted by Crippen LogP contribution is -1.97. The Kier molecular flexibility index (Phi) is 4.66. The van der Waals surface area contributed by atoms with Gasteiger partial charge in [0.25, 0.3) is 0 Å². The van der Waals surface area contributed by atoms with Crippen LogP contribution in [0.2, 0.25) is 10.0 Å². The van der Waals surface area contributed by atoms with Crippen molar-refractivity contribution in [3.8, 4) is 11.6 Å². The lowest BCUT2D eigenvalue weighted by molar-refractivity contribution is 0.427. The van der Waals surface area contributed by atoms with Gasteiger partial charge in [0, 0.05) is 17.6 Å². The fraction of sp³-hybridized carbons (Fsp3) is 0.250. The van der Waals surface area contributed by atoms with Gasteiger partial charge in [-0.05, 0) is 28.9 Å². The number of ether oxygens (including phenoxy) is 1. The summed E-state index contributed by atoms with van der Waals surface area (Å²) in [4.78, 5) is 0. The molecule has 1 aromatic carbocycles. The Bertz CT molecular complexity index is 628. The summed E-state index contributed by atoms with van der Waals surface area (Å²) in [5, 5.41) is 5.24. The molecule has 19 heavy (non-hydrogen) atoms. The van der Waals surface area contributed by atoms with Crippen LogP contribution in [0.4, 0.5) is 0 Å². The van der Waals surface area contributed by atoms with Gasteiger partial charge in [-0.1, -0.05) is 23.2 Å². The number of aromatic nitrogens is 2. The van der Waals surface area contributed by atoms with E-state index < -0.39 is 0 Å². The highest BCUT2D eigenvalue weighted by atomic mass is 79.9. The normalized spacial score (nSPS) is 10.8. The zero-order valence-corrected chi connectivity index (χ0v) is 14.0. The molecule has 0 saturated carbocycles. The van der Waals surface area contributed by atoms with E-state index in [9.17, 15) is 0 Å². The highest BCUT2D eigenvalue weighted by Gasteiger charge is 2.16. The van der Waals surface area contributed by atoms with Crippen molar-refractivity contribution in [1.29, 1.82) is 0 Å². The first kappa shape index (κ1) is 15.0. The minimum atomic E-state index is 0.316. The smallest absolute Gasteiger partial charge is 0.222 e. The molecule has 2 aromatic rings. The van der Waals surface area contributed by atoms with Crippen LogP contribution >= 0.6 is 50.7 Å². The number of alkyl halides is 1. The third-order valence-corrected chi connectivity index (χ3v) is 4.36. The molecular formula is C12H10BrCl3N2O. The third-order valence-electron chi connectivity index (χ3n) is 2.60. The molecule has 7 heteroatoms. The van der Waals surface area contributed by atoms with E-state index in [0.29, 0.717) is 32.0 Å². The average Bonchev–Trinajstić information content (AvgIpc) is 2.60. The Morgan fingerprint density at radius 3 is 2.63 bits per heavy atom. The van der Waals surface area contributed by atoms with E-state index in [0.717, 1.165) is 11.3 Å².